The second-order valence-corrected chi connectivity index (χ2v) is 6.88. The molecule has 0 amide bonds. The van der Waals surface area contributed by atoms with Gasteiger partial charge in [0.25, 0.3) is 0 Å². The third kappa shape index (κ3) is 4.44. The highest BCUT2D eigenvalue weighted by atomic mass is 15.3. The lowest BCUT2D eigenvalue weighted by atomic mass is 10.0. The summed E-state index contributed by atoms with van der Waals surface area (Å²) in [6.45, 7) is 11.8. The van der Waals surface area contributed by atoms with Gasteiger partial charge in [-0.2, -0.15) is 5.10 Å². The summed E-state index contributed by atoms with van der Waals surface area (Å²) in [6.07, 6.45) is 3.90. The lowest BCUT2D eigenvalue weighted by Gasteiger charge is -2.20. The van der Waals surface area contributed by atoms with E-state index in [2.05, 4.69) is 60.2 Å². The molecular weight excluding hydrogens is 248 g/mol. The van der Waals surface area contributed by atoms with Gasteiger partial charge < -0.3 is 10.2 Å². The first kappa shape index (κ1) is 15.2. The number of rotatable bonds is 5. The van der Waals surface area contributed by atoms with Crippen LogP contribution in [0.4, 0.5) is 5.82 Å². The zero-order valence-electron chi connectivity index (χ0n) is 13.3. The van der Waals surface area contributed by atoms with Crippen LogP contribution in [-0.2, 0) is 6.54 Å². The maximum atomic E-state index is 4.39. The van der Waals surface area contributed by atoms with Crippen LogP contribution in [0.25, 0.3) is 0 Å². The molecule has 1 fully saturated rings. The summed E-state index contributed by atoms with van der Waals surface area (Å²) in [5.41, 5.74) is 1.12. The van der Waals surface area contributed by atoms with Crippen molar-refractivity contribution >= 4 is 5.82 Å². The third-order valence-corrected chi connectivity index (χ3v) is 3.81. The molecule has 4 heteroatoms. The van der Waals surface area contributed by atoms with Gasteiger partial charge in [-0.3, -0.25) is 0 Å². The summed E-state index contributed by atoms with van der Waals surface area (Å²) in [5, 5.41) is 12.2. The molecule has 20 heavy (non-hydrogen) atoms. The molecule has 1 aliphatic heterocycles. The van der Waals surface area contributed by atoms with Gasteiger partial charge in [-0.1, -0.05) is 13.3 Å². The van der Waals surface area contributed by atoms with E-state index in [1.54, 1.807) is 0 Å². The topological polar surface area (TPSA) is 41.0 Å². The maximum absolute atomic E-state index is 4.39. The number of hydrogen-bond donors (Lipinski definition) is 1. The van der Waals surface area contributed by atoms with Gasteiger partial charge in [0, 0.05) is 25.2 Å². The first-order chi connectivity index (χ1) is 9.48. The van der Waals surface area contributed by atoms with Gasteiger partial charge in [0.05, 0.1) is 5.69 Å². The van der Waals surface area contributed by atoms with E-state index in [0.717, 1.165) is 37.1 Å². The molecule has 1 aromatic heterocycles. The van der Waals surface area contributed by atoms with Gasteiger partial charge in [0.1, 0.15) is 0 Å². The second kappa shape index (κ2) is 6.53. The Bertz CT molecular complexity index is 407. The average molecular weight is 276 g/mol. The van der Waals surface area contributed by atoms with Crippen molar-refractivity contribution in [2.45, 2.75) is 59.0 Å². The minimum absolute atomic E-state index is 0.114. The van der Waals surface area contributed by atoms with Crippen LogP contribution in [0, 0.1) is 5.92 Å². The molecule has 1 atom stereocenters. The monoisotopic (exact) mass is 276 g/mol. The summed E-state index contributed by atoms with van der Waals surface area (Å²) in [7, 11) is 0. The molecule has 1 N–H and O–H groups in total. The van der Waals surface area contributed by atoms with Gasteiger partial charge in [0.15, 0.2) is 5.82 Å². The Labute approximate surface area is 123 Å². The molecule has 1 aliphatic rings. The Hall–Kier alpha value is -1.16. The summed E-state index contributed by atoms with van der Waals surface area (Å²) in [4.78, 5) is 2.37. The van der Waals surface area contributed by atoms with Gasteiger partial charge in [-0.25, -0.2) is 0 Å². The van der Waals surface area contributed by atoms with Gasteiger partial charge >= 0.3 is 0 Å². The van der Waals surface area contributed by atoms with E-state index in [1.165, 1.54) is 19.3 Å². The highest BCUT2D eigenvalue weighted by Gasteiger charge is 2.22. The first-order valence-corrected chi connectivity index (χ1v) is 7.80. The molecule has 1 saturated heterocycles. The summed E-state index contributed by atoms with van der Waals surface area (Å²) < 4.78 is 0. The van der Waals surface area contributed by atoms with Crippen molar-refractivity contribution in [2.75, 3.05) is 18.0 Å². The van der Waals surface area contributed by atoms with Crippen molar-refractivity contribution in [3.8, 4) is 0 Å². The Kier molecular flexibility index (Phi) is 4.97. The first-order valence-electron chi connectivity index (χ1n) is 7.80. The Balaban J connectivity index is 1.89. The number of anilines is 1. The summed E-state index contributed by atoms with van der Waals surface area (Å²) in [6, 6.07) is 4.20. The van der Waals surface area contributed by atoms with E-state index in [1.807, 2.05) is 0 Å². The quantitative estimate of drug-likeness (QED) is 0.897. The van der Waals surface area contributed by atoms with Crippen LogP contribution in [-0.4, -0.2) is 28.8 Å². The number of hydrogen-bond acceptors (Lipinski definition) is 4. The minimum atomic E-state index is 0.114. The molecule has 112 valence electrons. The predicted molar refractivity (Wildman–Crippen MR) is 83.9 cm³/mol. The molecule has 0 radical (unpaired) electrons. The molecule has 0 aromatic carbocycles. The zero-order chi connectivity index (χ0) is 14.6. The molecule has 2 heterocycles. The summed E-state index contributed by atoms with van der Waals surface area (Å²) in [5.74, 6) is 1.87. The van der Waals surface area contributed by atoms with Crippen molar-refractivity contribution < 1.29 is 0 Å². The van der Waals surface area contributed by atoms with Crippen molar-refractivity contribution in [3.63, 3.8) is 0 Å². The Morgan fingerprint density at radius 1 is 1.30 bits per heavy atom. The molecular formula is C16H28N4. The number of nitrogens with zero attached hydrogens (tertiary/aromatic N) is 3. The highest BCUT2D eigenvalue weighted by Crippen LogP contribution is 2.24. The minimum Gasteiger partial charge on any atom is -0.355 e. The fourth-order valence-electron chi connectivity index (χ4n) is 2.66. The zero-order valence-corrected chi connectivity index (χ0v) is 13.3. The van der Waals surface area contributed by atoms with Crippen molar-refractivity contribution in [3.05, 3.63) is 17.8 Å². The van der Waals surface area contributed by atoms with Crippen LogP contribution in [0.3, 0.4) is 0 Å². The molecule has 2 rings (SSSR count). The van der Waals surface area contributed by atoms with Crippen molar-refractivity contribution in [1.29, 1.82) is 0 Å². The third-order valence-electron chi connectivity index (χ3n) is 3.81. The van der Waals surface area contributed by atoms with E-state index < -0.39 is 0 Å². The van der Waals surface area contributed by atoms with E-state index in [4.69, 9.17) is 0 Å². The van der Waals surface area contributed by atoms with Crippen molar-refractivity contribution in [2.24, 2.45) is 5.92 Å². The van der Waals surface area contributed by atoms with Gasteiger partial charge in [-0.05, 0) is 51.7 Å². The average Bonchev–Trinajstić information content (AvgIpc) is 2.85. The van der Waals surface area contributed by atoms with Crippen LogP contribution in [0.5, 0.6) is 0 Å². The maximum Gasteiger partial charge on any atom is 0.151 e. The van der Waals surface area contributed by atoms with E-state index in [9.17, 15) is 0 Å². The van der Waals surface area contributed by atoms with E-state index >= 15 is 0 Å². The SMILES string of the molecule is CCCC1CCN(c2ccc(CNC(C)(C)C)nn2)C1. The molecule has 0 saturated carbocycles. The number of nitrogens with one attached hydrogen (secondary N) is 1. The lowest BCUT2D eigenvalue weighted by Crippen LogP contribution is -2.35. The fourth-order valence-corrected chi connectivity index (χ4v) is 2.66. The normalized spacial score (nSPS) is 19.6. The van der Waals surface area contributed by atoms with Gasteiger partial charge in [-0.15, -0.1) is 5.10 Å². The standard InChI is InChI=1S/C16H28N4/c1-5-6-13-9-10-20(12-13)15-8-7-14(18-19-15)11-17-16(2,3)4/h7-8,13,17H,5-6,9-12H2,1-4H3. The smallest absolute Gasteiger partial charge is 0.151 e. The molecule has 4 nitrogen and oxygen atoms in total. The lowest BCUT2D eigenvalue weighted by molar-refractivity contribution is 0.420. The summed E-state index contributed by atoms with van der Waals surface area (Å²) >= 11 is 0. The Morgan fingerprint density at radius 3 is 2.70 bits per heavy atom. The Morgan fingerprint density at radius 2 is 2.10 bits per heavy atom. The molecule has 0 spiro atoms. The number of aromatic nitrogens is 2. The van der Waals surface area contributed by atoms with Crippen molar-refractivity contribution in [1.82, 2.24) is 15.5 Å². The van der Waals surface area contributed by atoms with Crippen LogP contribution in [0.15, 0.2) is 12.1 Å². The molecule has 1 aromatic rings. The molecule has 0 bridgehead atoms. The van der Waals surface area contributed by atoms with Gasteiger partial charge in [0.2, 0.25) is 0 Å². The second-order valence-electron chi connectivity index (χ2n) is 6.88. The molecule has 0 aliphatic carbocycles. The van der Waals surface area contributed by atoms with E-state index in [0.29, 0.717) is 0 Å². The molecule has 1 unspecified atom stereocenters. The predicted octanol–water partition coefficient (Wildman–Crippen LogP) is 2.99. The van der Waals surface area contributed by atoms with Crippen LogP contribution < -0.4 is 10.2 Å². The highest BCUT2D eigenvalue weighted by molar-refractivity contribution is 5.38. The fraction of sp³-hybridized carbons (Fsp3) is 0.750. The largest absolute Gasteiger partial charge is 0.355 e. The van der Waals surface area contributed by atoms with Crippen LogP contribution in [0.1, 0.15) is 52.7 Å². The van der Waals surface area contributed by atoms with Crippen LogP contribution in [0.2, 0.25) is 0 Å². The van der Waals surface area contributed by atoms with Crippen LogP contribution >= 0.6 is 0 Å². The van der Waals surface area contributed by atoms with E-state index in [-0.39, 0.29) is 5.54 Å².